The third kappa shape index (κ3) is 6.24. The number of amides is 1. The van der Waals surface area contributed by atoms with Gasteiger partial charge in [0.25, 0.3) is 5.69 Å². The summed E-state index contributed by atoms with van der Waals surface area (Å²) >= 11 is 3.07. The molecule has 0 radical (unpaired) electrons. The van der Waals surface area contributed by atoms with Crippen molar-refractivity contribution < 1.29 is 27.3 Å². The lowest BCUT2D eigenvalue weighted by Gasteiger charge is -2.27. The normalized spacial score (nSPS) is 13.0. The first-order valence-electron chi connectivity index (χ1n) is 9.37. The molecule has 0 spiro atoms. The van der Waals surface area contributed by atoms with Crippen molar-refractivity contribution in [3.63, 3.8) is 0 Å². The van der Waals surface area contributed by atoms with E-state index >= 15 is 0 Å². The Balaban J connectivity index is 2.43. The van der Waals surface area contributed by atoms with Gasteiger partial charge in [0.1, 0.15) is 11.4 Å². The number of para-hydroxylation sites is 1. The van der Waals surface area contributed by atoms with Gasteiger partial charge in [-0.3, -0.25) is 10.1 Å². The lowest BCUT2D eigenvalue weighted by atomic mass is 10.1. The molecule has 2 rings (SSSR count). The minimum atomic E-state index is -4.35. The molecule has 1 N–H and O–H groups in total. The number of benzene rings is 2. The number of nitro groups is 1. The van der Waals surface area contributed by atoms with Crippen molar-refractivity contribution in [1.82, 2.24) is 9.62 Å². The van der Waals surface area contributed by atoms with Gasteiger partial charge in [0.2, 0.25) is 10.0 Å². The van der Waals surface area contributed by atoms with Gasteiger partial charge in [-0.15, -0.1) is 0 Å². The van der Waals surface area contributed by atoms with Crippen LogP contribution in [0.2, 0.25) is 0 Å². The van der Waals surface area contributed by atoms with Gasteiger partial charge in [-0.05, 0) is 48.8 Å². The van der Waals surface area contributed by atoms with E-state index < -0.39 is 55.6 Å². The molecular formula is C20H23BrFN3O6S. The van der Waals surface area contributed by atoms with E-state index in [0.717, 1.165) is 16.4 Å². The number of alkyl carbamates (subject to hydrolysis) is 1. The summed E-state index contributed by atoms with van der Waals surface area (Å²) in [6.07, 6.45) is -0.877. The molecule has 32 heavy (non-hydrogen) atoms. The largest absolute Gasteiger partial charge is 0.444 e. The Kier molecular flexibility index (Phi) is 7.97. The second-order valence-electron chi connectivity index (χ2n) is 7.85. The van der Waals surface area contributed by atoms with Gasteiger partial charge in [-0.2, -0.15) is 4.31 Å². The molecule has 0 fully saturated rings. The van der Waals surface area contributed by atoms with E-state index in [2.05, 4.69) is 21.2 Å². The van der Waals surface area contributed by atoms with E-state index in [9.17, 15) is 27.7 Å². The predicted octanol–water partition coefficient (Wildman–Crippen LogP) is 4.38. The molecule has 1 amide bonds. The number of sulfonamides is 1. The van der Waals surface area contributed by atoms with Gasteiger partial charge < -0.3 is 10.1 Å². The molecule has 0 aromatic heterocycles. The summed E-state index contributed by atoms with van der Waals surface area (Å²) in [6, 6.07) is 8.13. The predicted molar refractivity (Wildman–Crippen MR) is 119 cm³/mol. The van der Waals surface area contributed by atoms with Crippen LogP contribution in [0.1, 0.15) is 32.4 Å². The number of carbonyl (C=O) groups is 1. The molecule has 0 saturated carbocycles. The summed E-state index contributed by atoms with van der Waals surface area (Å²) < 4.78 is 47.1. The number of ether oxygens (including phenoxy) is 1. The van der Waals surface area contributed by atoms with Crippen molar-refractivity contribution in [3.8, 4) is 0 Å². The molecule has 174 valence electrons. The van der Waals surface area contributed by atoms with E-state index in [1.807, 2.05) is 0 Å². The molecule has 9 nitrogen and oxygen atoms in total. The van der Waals surface area contributed by atoms with Gasteiger partial charge in [-0.1, -0.05) is 24.3 Å². The molecule has 0 aliphatic heterocycles. The molecule has 0 heterocycles. The van der Waals surface area contributed by atoms with Crippen molar-refractivity contribution >= 4 is 37.7 Å². The summed E-state index contributed by atoms with van der Waals surface area (Å²) in [5, 5.41) is 13.8. The Bertz CT molecular complexity index is 1120. The lowest BCUT2D eigenvalue weighted by molar-refractivity contribution is -0.387. The van der Waals surface area contributed by atoms with Gasteiger partial charge in [0.05, 0.1) is 15.4 Å². The molecule has 0 aliphatic carbocycles. The minimum absolute atomic E-state index is 0.00912. The van der Waals surface area contributed by atoms with Crippen LogP contribution in [0.5, 0.6) is 0 Å². The van der Waals surface area contributed by atoms with Crippen molar-refractivity contribution in [3.05, 3.63) is 68.4 Å². The molecule has 0 aliphatic rings. The first kappa shape index (κ1) is 25.7. The number of hydrogen-bond acceptors (Lipinski definition) is 6. The zero-order valence-electron chi connectivity index (χ0n) is 17.8. The molecule has 0 bridgehead atoms. The highest BCUT2D eigenvalue weighted by molar-refractivity contribution is 9.10. The maximum atomic E-state index is 14.8. The Labute approximate surface area is 193 Å². The molecule has 1 atom stereocenters. The van der Waals surface area contributed by atoms with Gasteiger partial charge >= 0.3 is 6.09 Å². The van der Waals surface area contributed by atoms with E-state index in [-0.39, 0.29) is 10.0 Å². The number of hydrogen-bond donors (Lipinski definition) is 1. The van der Waals surface area contributed by atoms with Crippen LogP contribution in [-0.2, 0) is 14.8 Å². The Morgan fingerprint density at radius 1 is 1.25 bits per heavy atom. The quantitative estimate of drug-likeness (QED) is 0.418. The monoisotopic (exact) mass is 531 g/mol. The highest BCUT2D eigenvalue weighted by Gasteiger charge is 2.32. The van der Waals surface area contributed by atoms with Crippen LogP contribution < -0.4 is 5.32 Å². The number of carbonyl (C=O) groups excluding carboxylic acids is 1. The van der Waals surface area contributed by atoms with Gasteiger partial charge in [-0.25, -0.2) is 17.6 Å². The number of likely N-dealkylation sites (N-methyl/N-ethyl adjacent to an activating group) is 1. The molecular weight excluding hydrogens is 509 g/mol. The first-order chi connectivity index (χ1) is 14.7. The average molecular weight is 532 g/mol. The van der Waals surface area contributed by atoms with Crippen LogP contribution in [0, 0.1) is 15.9 Å². The third-order valence-corrected chi connectivity index (χ3v) is 6.72. The van der Waals surface area contributed by atoms with Crippen molar-refractivity contribution in [2.75, 3.05) is 13.6 Å². The van der Waals surface area contributed by atoms with Crippen LogP contribution in [0.15, 0.2) is 51.8 Å². The molecule has 2 aromatic carbocycles. The second kappa shape index (κ2) is 9.92. The van der Waals surface area contributed by atoms with E-state index in [0.29, 0.717) is 0 Å². The Morgan fingerprint density at radius 3 is 2.47 bits per heavy atom. The van der Waals surface area contributed by atoms with Crippen molar-refractivity contribution in [2.45, 2.75) is 37.3 Å². The fourth-order valence-corrected chi connectivity index (χ4v) is 4.53. The highest BCUT2D eigenvalue weighted by Crippen LogP contribution is 2.29. The Morgan fingerprint density at radius 2 is 1.88 bits per heavy atom. The van der Waals surface area contributed by atoms with Crippen LogP contribution >= 0.6 is 15.9 Å². The maximum absolute atomic E-state index is 14.8. The van der Waals surface area contributed by atoms with E-state index in [1.165, 1.54) is 37.4 Å². The van der Waals surface area contributed by atoms with E-state index in [1.54, 1.807) is 20.8 Å². The number of halogens is 2. The molecule has 2 aromatic rings. The number of nitrogens with one attached hydrogen (secondary N) is 1. The number of nitrogens with zero attached hydrogens (tertiary/aromatic N) is 2. The fraction of sp³-hybridized carbons (Fsp3) is 0.350. The van der Waals surface area contributed by atoms with E-state index in [4.69, 9.17) is 4.74 Å². The highest BCUT2D eigenvalue weighted by atomic mass is 79.9. The summed E-state index contributed by atoms with van der Waals surface area (Å²) in [6.45, 7) is 4.52. The molecule has 12 heteroatoms. The average Bonchev–Trinajstić information content (AvgIpc) is 2.68. The fourth-order valence-electron chi connectivity index (χ4n) is 2.81. The first-order valence-corrected chi connectivity index (χ1v) is 11.6. The van der Waals surface area contributed by atoms with Crippen LogP contribution in [-0.4, -0.2) is 42.9 Å². The molecule has 0 unspecified atom stereocenters. The summed E-state index contributed by atoms with van der Waals surface area (Å²) in [5.41, 5.74) is -1.42. The van der Waals surface area contributed by atoms with Gasteiger partial charge in [0.15, 0.2) is 4.90 Å². The second-order valence-corrected chi connectivity index (χ2v) is 10.7. The van der Waals surface area contributed by atoms with Crippen LogP contribution in [0.3, 0.4) is 0 Å². The zero-order chi connectivity index (χ0) is 24.3. The summed E-state index contributed by atoms with van der Waals surface area (Å²) in [7, 11) is -3.16. The summed E-state index contributed by atoms with van der Waals surface area (Å²) in [4.78, 5) is 22.3. The number of rotatable bonds is 7. The minimum Gasteiger partial charge on any atom is -0.444 e. The maximum Gasteiger partial charge on any atom is 0.408 e. The Hall–Kier alpha value is -2.57. The standard InChI is InChI=1S/C20H23BrFN3O6S/c1-20(2,3)31-19(26)23-15(13-8-7-9-14(21)18(13)22)12-24(4)32(29,30)17-11-6-5-10-16(17)25(27)28/h5-11,15H,12H2,1-4H3,(H,23,26)/t15-/m1/s1. The van der Waals surface area contributed by atoms with Crippen LogP contribution in [0.4, 0.5) is 14.9 Å². The van der Waals surface area contributed by atoms with Crippen LogP contribution in [0.25, 0.3) is 0 Å². The van der Waals surface area contributed by atoms with Crippen molar-refractivity contribution in [2.24, 2.45) is 0 Å². The number of nitro benzene ring substituents is 1. The summed E-state index contributed by atoms with van der Waals surface area (Å²) in [5.74, 6) is -0.690. The van der Waals surface area contributed by atoms with Gasteiger partial charge in [0, 0.05) is 25.2 Å². The third-order valence-electron chi connectivity index (χ3n) is 4.24. The zero-order valence-corrected chi connectivity index (χ0v) is 20.2. The topological polar surface area (TPSA) is 119 Å². The van der Waals surface area contributed by atoms with Crippen molar-refractivity contribution in [1.29, 1.82) is 0 Å². The molecule has 0 saturated heterocycles. The lowest BCUT2D eigenvalue weighted by Crippen LogP contribution is -2.41. The SMILES string of the molecule is CN(C[C@@H](NC(=O)OC(C)(C)C)c1cccc(Br)c1F)S(=O)(=O)c1ccccc1[N+](=O)[O-]. The smallest absolute Gasteiger partial charge is 0.408 e.